The molecule has 9 heteroatoms. The minimum atomic E-state index is -3.47. The zero-order valence-electron chi connectivity index (χ0n) is 17.9. The Morgan fingerprint density at radius 1 is 1.13 bits per heavy atom. The van der Waals surface area contributed by atoms with Crippen LogP contribution in [0.1, 0.15) is 23.6 Å². The van der Waals surface area contributed by atoms with Gasteiger partial charge in [0.2, 0.25) is 10.0 Å². The number of methoxy groups -OCH3 is 1. The number of rotatable bonds is 9. The van der Waals surface area contributed by atoms with Gasteiger partial charge >= 0.3 is 0 Å². The average molecular weight is 546 g/mol. The van der Waals surface area contributed by atoms with E-state index in [4.69, 9.17) is 4.74 Å². The van der Waals surface area contributed by atoms with E-state index in [0.717, 1.165) is 29.8 Å². The summed E-state index contributed by atoms with van der Waals surface area (Å²) in [6.07, 6.45) is 0.797. The van der Waals surface area contributed by atoms with Gasteiger partial charge in [0.25, 0.3) is 0 Å². The van der Waals surface area contributed by atoms with Crippen molar-refractivity contribution in [2.45, 2.75) is 31.7 Å². The maximum Gasteiger partial charge on any atom is 0.240 e. The topological polar surface area (TPSA) is 91.8 Å². The first-order valence-electron chi connectivity index (χ1n) is 9.57. The maximum atomic E-state index is 12.0. The number of sulfonamides is 1. The summed E-state index contributed by atoms with van der Waals surface area (Å²) in [5.41, 5.74) is 3.15. The Bertz CT molecular complexity index is 949. The van der Waals surface area contributed by atoms with Crippen molar-refractivity contribution in [3.63, 3.8) is 0 Å². The van der Waals surface area contributed by atoms with Crippen molar-refractivity contribution in [2.75, 3.05) is 27.2 Å². The lowest BCUT2D eigenvalue weighted by Crippen LogP contribution is -2.38. The third-order valence-electron chi connectivity index (χ3n) is 4.36. The molecule has 30 heavy (non-hydrogen) atoms. The lowest BCUT2D eigenvalue weighted by molar-refractivity contribution is 0.409. The average Bonchev–Trinajstić information content (AvgIpc) is 2.72. The quantitative estimate of drug-likeness (QED) is 0.256. The molecule has 7 nitrogen and oxygen atoms in total. The van der Waals surface area contributed by atoms with E-state index in [2.05, 4.69) is 33.3 Å². The molecular formula is C21H31IN4O3S. The minimum Gasteiger partial charge on any atom is -0.496 e. The van der Waals surface area contributed by atoms with Gasteiger partial charge in [0.1, 0.15) is 5.75 Å². The molecule has 0 amide bonds. The predicted octanol–water partition coefficient (Wildman–Crippen LogP) is 2.83. The molecule has 0 aliphatic heterocycles. The number of aliphatic imine (C=N–C) groups is 1. The van der Waals surface area contributed by atoms with Crippen molar-refractivity contribution in [3.05, 3.63) is 59.2 Å². The minimum absolute atomic E-state index is 0. The highest BCUT2D eigenvalue weighted by atomic mass is 127. The Labute approximate surface area is 196 Å². The second kappa shape index (κ2) is 12.8. The van der Waals surface area contributed by atoms with E-state index in [9.17, 15) is 8.42 Å². The van der Waals surface area contributed by atoms with E-state index in [0.29, 0.717) is 19.0 Å². The van der Waals surface area contributed by atoms with Crippen LogP contribution in [0, 0.1) is 6.92 Å². The van der Waals surface area contributed by atoms with Gasteiger partial charge in [-0.1, -0.05) is 29.8 Å². The van der Waals surface area contributed by atoms with Crippen LogP contribution in [0.3, 0.4) is 0 Å². The van der Waals surface area contributed by atoms with Crippen molar-refractivity contribution in [3.8, 4) is 5.75 Å². The van der Waals surface area contributed by atoms with Gasteiger partial charge < -0.3 is 15.4 Å². The predicted molar refractivity (Wildman–Crippen MR) is 132 cm³/mol. The summed E-state index contributed by atoms with van der Waals surface area (Å²) in [6, 6.07) is 12.9. The third-order valence-corrected chi connectivity index (χ3v) is 5.78. The van der Waals surface area contributed by atoms with E-state index in [1.165, 1.54) is 12.6 Å². The monoisotopic (exact) mass is 546 g/mol. The normalized spacial score (nSPS) is 11.5. The highest BCUT2D eigenvalue weighted by molar-refractivity contribution is 14.0. The molecule has 0 saturated carbocycles. The molecule has 0 aliphatic rings. The molecule has 0 spiro atoms. The molecule has 0 heterocycles. The Balaban J connectivity index is 0.00000450. The van der Waals surface area contributed by atoms with Crippen molar-refractivity contribution < 1.29 is 13.2 Å². The SMILES string of the molecule is CCNC(=NCc1cccc(S(=O)(=O)NC)c1)NCCc1cc(C)ccc1OC.I. The summed E-state index contributed by atoms with van der Waals surface area (Å²) in [7, 11) is -0.391. The molecule has 166 valence electrons. The van der Waals surface area contributed by atoms with E-state index in [1.54, 1.807) is 25.3 Å². The van der Waals surface area contributed by atoms with Crippen LogP contribution < -0.4 is 20.1 Å². The Morgan fingerprint density at radius 2 is 1.90 bits per heavy atom. The van der Waals surface area contributed by atoms with Gasteiger partial charge in [-0.3, -0.25) is 0 Å². The summed E-state index contributed by atoms with van der Waals surface area (Å²) < 4.78 is 31.7. The lowest BCUT2D eigenvalue weighted by Gasteiger charge is -2.13. The van der Waals surface area contributed by atoms with Gasteiger partial charge in [-0.15, -0.1) is 24.0 Å². The van der Waals surface area contributed by atoms with Crippen molar-refractivity contribution in [1.29, 1.82) is 0 Å². The fraction of sp³-hybridized carbons (Fsp3) is 0.381. The Hall–Kier alpha value is -1.85. The van der Waals surface area contributed by atoms with Crippen LogP contribution in [-0.2, 0) is 23.0 Å². The molecule has 0 radical (unpaired) electrons. The first-order valence-corrected chi connectivity index (χ1v) is 11.1. The molecular weight excluding hydrogens is 515 g/mol. The molecule has 3 N–H and O–H groups in total. The summed E-state index contributed by atoms with van der Waals surface area (Å²) >= 11 is 0. The van der Waals surface area contributed by atoms with Crippen molar-refractivity contribution >= 4 is 40.0 Å². The second-order valence-electron chi connectivity index (χ2n) is 6.54. The van der Waals surface area contributed by atoms with Crippen molar-refractivity contribution in [1.82, 2.24) is 15.4 Å². The number of aryl methyl sites for hydroxylation is 1. The Morgan fingerprint density at radius 3 is 2.57 bits per heavy atom. The van der Waals surface area contributed by atoms with E-state index >= 15 is 0 Å². The van der Waals surface area contributed by atoms with Crippen LogP contribution in [-0.4, -0.2) is 41.6 Å². The third kappa shape index (κ3) is 7.77. The van der Waals surface area contributed by atoms with Crippen LogP contribution >= 0.6 is 24.0 Å². The zero-order valence-corrected chi connectivity index (χ0v) is 21.0. The standard InChI is InChI=1S/C21H30N4O3S.HI/c1-5-23-21(24-12-11-18-13-16(2)9-10-20(18)28-4)25-15-17-7-6-8-19(14-17)29(26,27)22-3;/h6-10,13-14,22H,5,11-12,15H2,1-4H3,(H2,23,24,25);1H. The van der Waals surface area contributed by atoms with Gasteiger partial charge in [0, 0.05) is 13.1 Å². The fourth-order valence-electron chi connectivity index (χ4n) is 2.86. The number of nitrogens with one attached hydrogen (secondary N) is 3. The van der Waals surface area contributed by atoms with E-state index < -0.39 is 10.0 Å². The highest BCUT2D eigenvalue weighted by Gasteiger charge is 2.11. The number of nitrogens with zero attached hydrogens (tertiary/aromatic N) is 1. The van der Waals surface area contributed by atoms with Crippen LogP contribution in [0.15, 0.2) is 52.4 Å². The van der Waals surface area contributed by atoms with Crippen LogP contribution in [0.5, 0.6) is 5.75 Å². The van der Waals surface area contributed by atoms with Gasteiger partial charge in [0.05, 0.1) is 18.6 Å². The molecule has 0 unspecified atom stereocenters. The summed E-state index contributed by atoms with van der Waals surface area (Å²) in [5, 5.41) is 6.53. The number of hydrogen-bond donors (Lipinski definition) is 3. The summed E-state index contributed by atoms with van der Waals surface area (Å²) in [6.45, 7) is 5.86. The van der Waals surface area contributed by atoms with Gasteiger partial charge in [-0.2, -0.15) is 0 Å². The first-order chi connectivity index (χ1) is 13.9. The largest absolute Gasteiger partial charge is 0.496 e. The number of guanidine groups is 1. The Kier molecular flexibility index (Phi) is 11.1. The van der Waals surface area contributed by atoms with Gasteiger partial charge in [0.15, 0.2) is 5.96 Å². The number of ether oxygens (including phenoxy) is 1. The smallest absolute Gasteiger partial charge is 0.240 e. The van der Waals surface area contributed by atoms with E-state index in [-0.39, 0.29) is 28.9 Å². The van der Waals surface area contributed by atoms with E-state index in [1.807, 2.05) is 25.1 Å². The molecule has 0 atom stereocenters. The molecule has 0 bridgehead atoms. The number of halogens is 1. The molecule has 2 aromatic carbocycles. The molecule has 2 aromatic rings. The molecule has 0 aromatic heterocycles. The maximum absolute atomic E-state index is 12.0. The molecule has 0 saturated heterocycles. The zero-order chi connectivity index (χ0) is 21.3. The molecule has 0 aliphatic carbocycles. The van der Waals surface area contributed by atoms with Crippen LogP contribution in [0.2, 0.25) is 0 Å². The van der Waals surface area contributed by atoms with Gasteiger partial charge in [-0.05, 0) is 56.6 Å². The fourth-order valence-corrected chi connectivity index (χ4v) is 3.66. The number of benzene rings is 2. The first kappa shape index (κ1) is 26.2. The second-order valence-corrected chi connectivity index (χ2v) is 8.43. The molecule has 0 fully saturated rings. The lowest BCUT2D eigenvalue weighted by atomic mass is 10.1. The van der Waals surface area contributed by atoms with Gasteiger partial charge in [-0.25, -0.2) is 18.1 Å². The number of hydrogen-bond acceptors (Lipinski definition) is 4. The highest BCUT2D eigenvalue weighted by Crippen LogP contribution is 2.19. The van der Waals surface area contributed by atoms with Crippen LogP contribution in [0.25, 0.3) is 0 Å². The summed E-state index contributed by atoms with van der Waals surface area (Å²) in [4.78, 5) is 4.81. The van der Waals surface area contributed by atoms with Crippen LogP contribution in [0.4, 0.5) is 0 Å². The molecule has 2 rings (SSSR count). The van der Waals surface area contributed by atoms with Crippen molar-refractivity contribution in [2.24, 2.45) is 4.99 Å². The summed E-state index contributed by atoms with van der Waals surface area (Å²) in [5.74, 6) is 1.56.